The molecular formula is C9H14O. The molecule has 56 valence electrons. The summed E-state index contributed by atoms with van der Waals surface area (Å²) in [5, 5.41) is 8.49. The van der Waals surface area contributed by atoms with E-state index in [1.807, 2.05) is 6.08 Å². The van der Waals surface area contributed by atoms with E-state index in [-0.39, 0.29) is 6.61 Å². The lowest BCUT2D eigenvalue weighted by molar-refractivity contribution is 0.289. The van der Waals surface area contributed by atoms with Crippen molar-refractivity contribution in [2.75, 3.05) is 6.61 Å². The summed E-state index contributed by atoms with van der Waals surface area (Å²) >= 11 is 0. The van der Waals surface area contributed by atoms with Gasteiger partial charge in [-0.05, 0) is 18.4 Å². The molecule has 1 nitrogen and oxygen atoms in total. The van der Waals surface area contributed by atoms with Crippen LogP contribution >= 0.6 is 0 Å². The summed E-state index contributed by atoms with van der Waals surface area (Å²) in [6, 6.07) is 0. The third-order valence-electron chi connectivity index (χ3n) is 1.22. The van der Waals surface area contributed by atoms with Crippen molar-refractivity contribution in [2.24, 2.45) is 0 Å². The summed E-state index contributed by atoms with van der Waals surface area (Å²) in [6.07, 6.45) is 7.10. The zero-order valence-electron chi connectivity index (χ0n) is 6.21. The Balaban J connectivity index is 3.70. The fraction of sp³-hybridized carbons (Fsp3) is 0.333. The SMILES string of the molecule is C=CC=C(C=C)CCCO. The maximum atomic E-state index is 8.49. The molecule has 0 unspecified atom stereocenters. The molecule has 1 heteroatoms. The van der Waals surface area contributed by atoms with Crippen LogP contribution in [0.4, 0.5) is 0 Å². The van der Waals surface area contributed by atoms with E-state index in [0.29, 0.717) is 0 Å². The molecular weight excluding hydrogens is 124 g/mol. The first-order valence-corrected chi connectivity index (χ1v) is 3.40. The predicted molar refractivity (Wildman–Crippen MR) is 44.8 cm³/mol. The summed E-state index contributed by atoms with van der Waals surface area (Å²) in [4.78, 5) is 0. The van der Waals surface area contributed by atoms with Crippen LogP contribution in [0.25, 0.3) is 0 Å². The quantitative estimate of drug-likeness (QED) is 0.576. The minimum absolute atomic E-state index is 0.238. The van der Waals surface area contributed by atoms with Gasteiger partial charge >= 0.3 is 0 Å². The van der Waals surface area contributed by atoms with Crippen LogP contribution in [0.5, 0.6) is 0 Å². The second-order valence-corrected chi connectivity index (χ2v) is 2.01. The minimum atomic E-state index is 0.238. The van der Waals surface area contributed by atoms with Gasteiger partial charge in [0, 0.05) is 6.61 Å². The van der Waals surface area contributed by atoms with Crippen LogP contribution in [0, 0.1) is 0 Å². The van der Waals surface area contributed by atoms with Crippen molar-refractivity contribution in [3.05, 3.63) is 37.0 Å². The van der Waals surface area contributed by atoms with E-state index < -0.39 is 0 Å². The Hall–Kier alpha value is -0.820. The largest absolute Gasteiger partial charge is 0.396 e. The fourth-order valence-electron chi connectivity index (χ4n) is 0.688. The molecule has 0 aromatic heterocycles. The second kappa shape index (κ2) is 6.30. The molecule has 0 saturated carbocycles. The van der Waals surface area contributed by atoms with Gasteiger partial charge < -0.3 is 5.11 Å². The highest BCUT2D eigenvalue weighted by Crippen LogP contribution is 2.04. The molecule has 0 atom stereocenters. The topological polar surface area (TPSA) is 20.2 Å². The average Bonchev–Trinajstić information content (AvgIpc) is 1.98. The van der Waals surface area contributed by atoms with Gasteiger partial charge in [-0.1, -0.05) is 31.4 Å². The summed E-state index contributed by atoms with van der Waals surface area (Å²) in [6.45, 7) is 7.44. The molecule has 0 aliphatic carbocycles. The first-order chi connectivity index (χ1) is 4.85. The molecule has 0 bridgehead atoms. The predicted octanol–water partition coefficient (Wildman–Crippen LogP) is 2.06. The van der Waals surface area contributed by atoms with Gasteiger partial charge in [0.1, 0.15) is 0 Å². The van der Waals surface area contributed by atoms with Crippen LogP contribution in [0.2, 0.25) is 0 Å². The molecule has 0 aliphatic heterocycles. The molecule has 0 radical (unpaired) electrons. The van der Waals surface area contributed by atoms with E-state index in [0.717, 1.165) is 18.4 Å². The molecule has 0 rings (SSSR count). The molecule has 1 N–H and O–H groups in total. The van der Waals surface area contributed by atoms with Crippen molar-refractivity contribution in [1.29, 1.82) is 0 Å². The van der Waals surface area contributed by atoms with E-state index in [4.69, 9.17) is 5.11 Å². The van der Waals surface area contributed by atoms with Crippen LogP contribution in [-0.2, 0) is 0 Å². The van der Waals surface area contributed by atoms with Gasteiger partial charge in [0.2, 0.25) is 0 Å². The minimum Gasteiger partial charge on any atom is -0.396 e. The lowest BCUT2D eigenvalue weighted by atomic mass is 10.1. The van der Waals surface area contributed by atoms with E-state index in [1.165, 1.54) is 0 Å². The maximum Gasteiger partial charge on any atom is 0.0434 e. The second-order valence-electron chi connectivity index (χ2n) is 2.01. The normalized spacial score (nSPS) is 11.1. The van der Waals surface area contributed by atoms with Crippen LogP contribution in [0.15, 0.2) is 37.0 Å². The van der Waals surface area contributed by atoms with Crippen LogP contribution in [0.3, 0.4) is 0 Å². The number of aliphatic hydroxyl groups excluding tert-OH is 1. The maximum absolute atomic E-state index is 8.49. The Morgan fingerprint density at radius 1 is 1.40 bits per heavy atom. The third-order valence-corrected chi connectivity index (χ3v) is 1.22. The molecule has 10 heavy (non-hydrogen) atoms. The molecule has 0 heterocycles. The van der Waals surface area contributed by atoms with Crippen LogP contribution in [-0.4, -0.2) is 11.7 Å². The first-order valence-electron chi connectivity index (χ1n) is 3.40. The van der Waals surface area contributed by atoms with Crippen molar-refractivity contribution in [3.63, 3.8) is 0 Å². The Morgan fingerprint density at radius 2 is 2.10 bits per heavy atom. The Morgan fingerprint density at radius 3 is 2.50 bits per heavy atom. The van der Waals surface area contributed by atoms with Crippen LogP contribution in [0.1, 0.15) is 12.8 Å². The lowest BCUT2D eigenvalue weighted by Crippen LogP contribution is -1.83. The Kier molecular flexibility index (Phi) is 5.79. The Labute approximate surface area is 62.4 Å². The smallest absolute Gasteiger partial charge is 0.0434 e. The monoisotopic (exact) mass is 138 g/mol. The van der Waals surface area contributed by atoms with E-state index in [1.54, 1.807) is 12.2 Å². The molecule has 0 aliphatic rings. The summed E-state index contributed by atoms with van der Waals surface area (Å²) in [5.74, 6) is 0. The highest BCUT2D eigenvalue weighted by atomic mass is 16.2. The number of hydrogen-bond acceptors (Lipinski definition) is 1. The number of aliphatic hydroxyl groups is 1. The van der Waals surface area contributed by atoms with E-state index in [9.17, 15) is 0 Å². The zero-order valence-corrected chi connectivity index (χ0v) is 6.21. The molecule has 0 aromatic rings. The fourth-order valence-corrected chi connectivity index (χ4v) is 0.688. The lowest BCUT2D eigenvalue weighted by Gasteiger charge is -1.96. The van der Waals surface area contributed by atoms with Crippen molar-refractivity contribution < 1.29 is 5.11 Å². The van der Waals surface area contributed by atoms with Gasteiger partial charge in [0.05, 0.1) is 0 Å². The molecule has 0 saturated heterocycles. The van der Waals surface area contributed by atoms with Crippen molar-refractivity contribution in [3.8, 4) is 0 Å². The summed E-state index contributed by atoms with van der Waals surface area (Å²) in [5.41, 5.74) is 1.13. The van der Waals surface area contributed by atoms with Gasteiger partial charge in [-0.2, -0.15) is 0 Å². The van der Waals surface area contributed by atoms with E-state index in [2.05, 4.69) is 13.2 Å². The zero-order chi connectivity index (χ0) is 7.82. The number of hydrogen-bond donors (Lipinski definition) is 1. The van der Waals surface area contributed by atoms with Gasteiger partial charge in [-0.15, -0.1) is 0 Å². The van der Waals surface area contributed by atoms with E-state index >= 15 is 0 Å². The van der Waals surface area contributed by atoms with Gasteiger partial charge in [0.25, 0.3) is 0 Å². The van der Waals surface area contributed by atoms with Crippen LogP contribution < -0.4 is 0 Å². The van der Waals surface area contributed by atoms with Crippen molar-refractivity contribution >= 4 is 0 Å². The van der Waals surface area contributed by atoms with Crippen molar-refractivity contribution in [1.82, 2.24) is 0 Å². The molecule has 0 spiro atoms. The average molecular weight is 138 g/mol. The Bertz CT molecular complexity index is 134. The third kappa shape index (κ3) is 4.10. The van der Waals surface area contributed by atoms with Crippen molar-refractivity contribution in [2.45, 2.75) is 12.8 Å². The van der Waals surface area contributed by atoms with Gasteiger partial charge in [0.15, 0.2) is 0 Å². The number of rotatable bonds is 5. The molecule has 0 fully saturated rings. The standard InChI is InChI=1S/C9H14O/c1-3-6-9(4-2)7-5-8-10/h3-4,6,10H,1-2,5,7-8H2. The first kappa shape index (κ1) is 9.18. The summed E-state index contributed by atoms with van der Waals surface area (Å²) in [7, 11) is 0. The van der Waals surface area contributed by atoms with Gasteiger partial charge in [-0.25, -0.2) is 0 Å². The summed E-state index contributed by atoms with van der Waals surface area (Å²) < 4.78 is 0. The molecule has 0 amide bonds. The van der Waals surface area contributed by atoms with Gasteiger partial charge in [-0.3, -0.25) is 0 Å². The molecule has 0 aromatic carbocycles. The highest BCUT2D eigenvalue weighted by Gasteiger charge is 1.88. The highest BCUT2D eigenvalue weighted by molar-refractivity contribution is 5.20. The number of allylic oxidation sites excluding steroid dienone is 4.